The molecule has 1 N–H and O–H groups in total. The molecule has 3 aliphatic carbocycles. The minimum absolute atomic E-state index is 0.283. The van der Waals surface area contributed by atoms with Crippen LogP contribution >= 0.6 is 0 Å². The standard InChI is InChI=1S/C20H32O4/c1-5-24-20(23-4)10-6-7-15-16(20)9-12-19(18(21)22)11-8-14(13(2)3)17(15)19/h13,15-16H,5-12H2,1-4H3,(H,21,22). The smallest absolute Gasteiger partial charge is 0.313 e. The molecule has 0 radical (unpaired) electrons. The van der Waals surface area contributed by atoms with Crippen LogP contribution in [0.3, 0.4) is 0 Å². The van der Waals surface area contributed by atoms with Crippen molar-refractivity contribution in [2.24, 2.45) is 23.2 Å². The maximum Gasteiger partial charge on any atom is 0.313 e. The number of fused-ring (bicyclic) bond motifs is 3. The first-order valence-corrected chi connectivity index (χ1v) is 9.57. The van der Waals surface area contributed by atoms with E-state index in [1.807, 2.05) is 6.92 Å². The summed E-state index contributed by atoms with van der Waals surface area (Å²) in [6.07, 6.45) is 6.37. The van der Waals surface area contributed by atoms with Crippen LogP contribution < -0.4 is 0 Å². The van der Waals surface area contributed by atoms with Crippen LogP contribution in [-0.4, -0.2) is 30.6 Å². The van der Waals surface area contributed by atoms with Crippen LogP contribution in [0.5, 0.6) is 0 Å². The van der Waals surface area contributed by atoms with Crippen molar-refractivity contribution in [3.8, 4) is 0 Å². The topological polar surface area (TPSA) is 55.8 Å². The SMILES string of the molecule is CCOC1(OC)CCCC2C3=C(C(C)C)CCC3(C(=O)O)CCC21. The fourth-order valence-corrected chi connectivity index (χ4v) is 5.87. The van der Waals surface area contributed by atoms with Gasteiger partial charge in [-0.1, -0.05) is 19.4 Å². The molecule has 0 saturated heterocycles. The van der Waals surface area contributed by atoms with Crippen molar-refractivity contribution < 1.29 is 19.4 Å². The number of allylic oxidation sites excluding steroid dienone is 1. The Morgan fingerprint density at radius 3 is 2.62 bits per heavy atom. The summed E-state index contributed by atoms with van der Waals surface area (Å²) >= 11 is 0. The first kappa shape index (κ1) is 17.9. The van der Waals surface area contributed by atoms with Crippen LogP contribution in [0, 0.1) is 23.2 Å². The Hall–Kier alpha value is -0.870. The van der Waals surface area contributed by atoms with Gasteiger partial charge < -0.3 is 14.6 Å². The third kappa shape index (κ3) is 2.45. The average Bonchev–Trinajstić information content (AvgIpc) is 2.97. The normalized spacial score (nSPS) is 39.0. The van der Waals surface area contributed by atoms with Gasteiger partial charge in [-0.15, -0.1) is 0 Å². The van der Waals surface area contributed by atoms with E-state index >= 15 is 0 Å². The minimum Gasteiger partial charge on any atom is -0.481 e. The van der Waals surface area contributed by atoms with Crippen molar-refractivity contribution in [2.75, 3.05) is 13.7 Å². The quantitative estimate of drug-likeness (QED) is 0.597. The Labute approximate surface area is 145 Å². The third-order valence-electron chi connectivity index (χ3n) is 6.87. The van der Waals surface area contributed by atoms with Gasteiger partial charge in [-0.05, 0) is 62.9 Å². The minimum atomic E-state index is -0.621. The Balaban J connectivity index is 2.07. The van der Waals surface area contributed by atoms with Crippen LogP contribution in [0.25, 0.3) is 0 Å². The summed E-state index contributed by atoms with van der Waals surface area (Å²) in [5.74, 6) is -0.136. The molecule has 2 saturated carbocycles. The predicted octanol–water partition coefficient (Wildman–Crippen LogP) is 4.39. The van der Waals surface area contributed by atoms with Gasteiger partial charge in [-0.2, -0.15) is 0 Å². The molecule has 0 bridgehead atoms. The van der Waals surface area contributed by atoms with Crippen molar-refractivity contribution in [3.63, 3.8) is 0 Å². The number of rotatable bonds is 5. The molecular weight excluding hydrogens is 304 g/mol. The number of carbonyl (C=O) groups is 1. The lowest BCUT2D eigenvalue weighted by Gasteiger charge is -2.53. The van der Waals surface area contributed by atoms with Gasteiger partial charge in [0, 0.05) is 26.1 Å². The lowest BCUT2D eigenvalue weighted by molar-refractivity contribution is -0.279. The summed E-state index contributed by atoms with van der Waals surface area (Å²) in [7, 11) is 1.75. The van der Waals surface area contributed by atoms with E-state index in [-0.39, 0.29) is 5.92 Å². The van der Waals surface area contributed by atoms with Crippen molar-refractivity contribution in [1.29, 1.82) is 0 Å². The second-order valence-corrected chi connectivity index (χ2v) is 8.07. The van der Waals surface area contributed by atoms with Gasteiger partial charge in [0.2, 0.25) is 0 Å². The third-order valence-corrected chi connectivity index (χ3v) is 6.87. The maximum atomic E-state index is 12.3. The molecule has 136 valence electrons. The predicted molar refractivity (Wildman–Crippen MR) is 92.6 cm³/mol. The monoisotopic (exact) mass is 336 g/mol. The molecule has 0 aromatic carbocycles. The fourth-order valence-electron chi connectivity index (χ4n) is 5.87. The van der Waals surface area contributed by atoms with E-state index in [9.17, 15) is 9.90 Å². The van der Waals surface area contributed by atoms with Crippen LogP contribution in [0.1, 0.15) is 65.7 Å². The maximum absolute atomic E-state index is 12.3. The molecule has 0 aromatic heterocycles. The molecule has 4 unspecified atom stereocenters. The van der Waals surface area contributed by atoms with Crippen LogP contribution in [0.4, 0.5) is 0 Å². The van der Waals surface area contributed by atoms with Gasteiger partial charge in [0.05, 0.1) is 5.41 Å². The van der Waals surface area contributed by atoms with Crippen LogP contribution in [-0.2, 0) is 14.3 Å². The number of ether oxygens (including phenoxy) is 2. The van der Waals surface area contributed by atoms with Gasteiger partial charge in [0.15, 0.2) is 5.79 Å². The largest absolute Gasteiger partial charge is 0.481 e. The summed E-state index contributed by atoms with van der Waals surface area (Å²) < 4.78 is 12.1. The summed E-state index contributed by atoms with van der Waals surface area (Å²) in [5.41, 5.74) is 2.03. The van der Waals surface area contributed by atoms with Gasteiger partial charge in [-0.25, -0.2) is 0 Å². The number of hydrogen-bond acceptors (Lipinski definition) is 3. The zero-order chi connectivity index (χ0) is 17.5. The lowest BCUT2D eigenvalue weighted by atomic mass is 9.56. The van der Waals surface area contributed by atoms with Crippen molar-refractivity contribution >= 4 is 5.97 Å². The number of carboxylic acids is 1. The van der Waals surface area contributed by atoms with E-state index in [0.29, 0.717) is 18.4 Å². The molecule has 0 amide bonds. The van der Waals surface area contributed by atoms with Crippen molar-refractivity contribution in [1.82, 2.24) is 0 Å². The first-order chi connectivity index (χ1) is 11.4. The zero-order valence-corrected chi connectivity index (χ0v) is 15.6. The molecular formula is C20H32O4. The molecule has 24 heavy (non-hydrogen) atoms. The molecule has 3 aliphatic rings. The first-order valence-electron chi connectivity index (χ1n) is 9.57. The molecule has 0 aliphatic heterocycles. The van der Waals surface area contributed by atoms with Gasteiger partial charge in [0.1, 0.15) is 0 Å². The number of aliphatic carboxylic acids is 1. The average molecular weight is 336 g/mol. The summed E-state index contributed by atoms with van der Waals surface area (Å²) in [6.45, 7) is 7.07. The van der Waals surface area contributed by atoms with Crippen LogP contribution in [0.15, 0.2) is 11.1 Å². The number of methoxy groups -OCH3 is 1. The highest BCUT2D eigenvalue weighted by molar-refractivity contribution is 5.80. The lowest BCUT2D eigenvalue weighted by Crippen LogP contribution is -2.54. The molecule has 4 heteroatoms. The summed E-state index contributed by atoms with van der Waals surface area (Å²) in [6, 6.07) is 0. The molecule has 2 fully saturated rings. The Kier molecular flexibility index (Phi) is 4.82. The highest BCUT2D eigenvalue weighted by atomic mass is 16.7. The fraction of sp³-hybridized carbons (Fsp3) is 0.850. The molecule has 0 heterocycles. The summed E-state index contributed by atoms with van der Waals surface area (Å²) in [4.78, 5) is 12.3. The molecule has 4 nitrogen and oxygen atoms in total. The summed E-state index contributed by atoms with van der Waals surface area (Å²) in [5, 5.41) is 10.1. The van der Waals surface area contributed by atoms with E-state index in [4.69, 9.17) is 9.47 Å². The van der Waals surface area contributed by atoms with Gasteiger partial charge in [-0.3, -0.25) is 4.79 Å². The Morgan fingerprint density at radius 1 is 1.29 bits per heavy atom. The molecule has 0 spiro atoms. The van der Waals surface area contributed by atoms with Crippen LogP contribution in [0.2, 0.25) is 0 Å². The number of hydrogen-bond donors (Lipinski definition) is 1. The molecule has 4 atom stereocenters. The van der Waals surface area contributed by atoms with Crippen molar-refractivity contribution in [3.05, 3.63) is 11.1 Å². The second-order valence-electron chi connectivity index (χ2n) is 8.07. The van der Waals surface area contributed by atoms with E-state index in [1.54, 1.807) is 7.11 Å². The molecule has 0 aromatic rings. The van der Waals surface area contributed by atoms with Gasteiger partial charge >= 0.3 is 5.97 Å². The Bertz CT molecular complexity index is 534. The van der Waals surface area contributed by atoms with E-state index < -0.39 is 17.2 Å². The zero-order valence-electron chi connectivity index (χ0n) is 15.6. The van der Waals surface area contributed by atoms with E-state index in [1.165, 1.54) is 11.1 Å². The molecule has 3 rings (SSSR count). The number of carboxylic acid groups (broad SMARTS) is 1. The highest BCUT2D eigenvalue weighted by Gasteiger charge is 2.59. The Morgan fingerprint density at radius 2 is 2.04 bits per heavy atom. The van der Waals surface area contributed by atoms with Gasteiger partial charge in [0.25, 0.3) is 0 Å². The van der Waals surface area contributed by atoms with Crippen molar-refractivity contribution in [2.45, 2.75) is 71.5 Å². The van der Waals surface area contributed by atoms with E-state index in [0.717, 1.165) is 44.9 Å². The second kappa shape index (κ2) is 6.45. The highest BCUT2D eigenvalue weighted by Crippen LogP contribution is 2.62. The van der Waals surface area contributed by atoms with E-state index in [2.05, 4.69) is 13.8 Å².